The average molecular weight is 352 g/mol. The molecule has 0 amide bonds. The number of aromatic nitrogens is 1. The molecule has 134 valence electrons. The Morgan fingerprint density at radius 1 is 1.12 bits per heavy atom. The number of nitriles is 1. The van der Waals surface area contributed by atoms with Gasteiger partial charge in [0, 0.05) is 11.8 Å². The quantitative estimate of drug-likeness (QED) is 0.623. The van der Waals surface area contributed by atoms with Gasteiger partial charge in [0.25, 0.3) is 5.56 Å². The van der Waals surface area contributed by atoms with Crippen molar-refractivity contribution < 1.29 is 14.3 Å². The summed E-state index contributed by atoms with van der Waals surface area (Å²) in [7, 11) is 1.20. The number of Topliss-reactive ketones (excluding diaryl/α,β-unsaturated/α-hetero) is 1. The predicted molar refractivity (Wildman–Crippen MR) is 96.5 cm³/mol. The minimum absolute atomic E-state index is 0.0458. The number of ether oxygens (including phenoxy) is 1. The molecule has 0 saturated carbocycles. The largest absolute Gasteiger partial charge is 0.465 e. The number of rotatable bonds is 4. The SMILES string of the molecule is COC(=O)c1cc(C#N)c(=O)n(CC(=O)c2cc(C)c(C)c(C)c2C)c1. The fraction of sp³-hybridized carbons (Fsp3) is 0.300. The molecule has 2 rings (SSSR count). The molecular formula is C20H20N2O4. The van der Waals surface area contributed by atoms with E-state index in [1.807, 2.05) is 27.7 Å². The number of aryl methyl sites for hydroxylation is 1. The van der Waals surface area contributed by atoms with Crippen molar-refractivity contribution in [2.45, 2.75) is 34.2 Å². The molecule has 6 nitrogen and oxygen atoms in total. The van der Waals surface area contributed by atoms with Crippen molar-refractivity contribution >= 4 is 11.8 Å². The molecule has 0 aliphatic carbocycles. The van der Waals surface area contributed by atoms with E-state index in [0.29, 0.717) is 5.56 Å². The maximum atomic E-state index is 12.8. The first kappa shape index (κ1) is 19.1. The second kappa shape index (κ2) is 7.36. The van der Waals surface area contributed by atoms with Crippen LogP contribution in [0.15, 0.2) is 23.1 Å². The van der Waals surface area contributed by atoms with Crippen LogP contribution in [0, 0.1) is 39.0 Å². The molecule has 1 aromatic carbocycles. The number of pyridine rings is 1. The summed E-state index contributed by atoms with van der Waals surface area (Å²) in [4.78, 5) is 36.9. The topological polar surface area (TPSA) is 89.2 Å². The second-order valence-electron chi connectivity index (χ2n) is 6.22. The lowest BCUT2D eigenvalue weighted by Gasteiger charge is -2.14. The van der Waals surface area contributed by atoms with Crippen LogP contribution in [0.1, 0.15) is 48.5 Å². The molecule has 2 aromatic rings. The first-order valence-electron chi connectivity index (χ1n) is 8.04. The molecule has 0 radical (unpaired) electrons. The molecule has 1 heterocycles. The highest BCUT2D eigenvalue weighted by Crippen LogP contribution is 2.22. The summed E-state index contributed by atoms with van der Waals surface area (Å²) in [6.07, 6.45) is 1.25. The number of methoxy groups -OCH3 is 1. The van der Waals surface area contributed by atoms with Gasteiger partial charge in [-0.1, -0.05) is 0 Å². The van der Waals surface area contributed by atoms with E-state index in [-0.39, 0.29) is 23.5 Å². The molecule has 0 N–H and O–H groups in total. The minimum Gasteiger partial charge on any atom is -0.465 e. The fourth-order valence-corrected chi connectivity index (χ4v) is 2.80. The molecule has 0 aliphatic heterocycles. The smallest absolute Gasteiger partial charge is 0.339 e. The van der Waals surface area contributed by atoms with Gasteiger partial charge in [-0.2, -0.15) is 5.26 Å². The molecule has 0 unspecified atom stereocenters. The van der Waals surface area contributed by atoms with Gasteiger partial charge in [-0.25, -0.2) is 4.79 Å². The van der Waals surface area contributed by atoms with Gasteiger partial charge >= 0.3 is 5.97 Å². The van der Waals surface area contributed by atoms with E-state index in [1.54, 1.807) is 12.1 Å². The van der Waals surface area contributed by atoms with Gasteiger partial charge in [-0.3, -0.25) is 9.59 Å². The summed E-state index contributed by atoms with van der Waals surface area (Å²) in [5.74, 6) is -0.942. The van der Waals surface area contributed by atoms with Gasteiger partial charge in [0.05, 0.1) is 19.2 Å². The highest BCUT2D eigenvalue weighted by atomic mass is 16.5. The number of hydrogen-bond donors (Lipinski definition) is 0. The zero-order chi connectivity index (χ0) is 19.6. The molecule has 0 atom stereocenters. The molecular weight excluding hydrogens is 332 g/mol. The molecule has 26 heavy (non-hydrogen) atoms. The summed E-state index contributed by atoms with van der Waals surface area (Å²) in [6, 6.07) is 4.73. The third-order valence-electron chi connectivity index (χ3n) is 4.72. The first-order chi connectivity index (χ1) is 12.2. The van der Waals surface area contributed by atoms with E-state index in [4.69, 9.17) is 5.26 Å². The lowest BCUT2D eigenvalue weighted by Crippen LogP contribution is -2.27. The van der Waals surface area contributed by atoms with E-state index in [1.165, 1.54) is 19.4 Å². The monoisotopic (exact) mass is 352 g/mol. The molecule has 0 aliphatic rings. The van der Waals surface area contributed by atoms with Crippen molar-refractivity contribution in [1.82, 2.24) is 4.57 Å². The minimum atomic E-state index is -0.680. The number of nitrogens with zero attached hydrogens (tertiary/aromatic N) is 2. The van der Waals surface area contributed by atoms with Crippen molar-refractivity contribution in [2.75, 3.05) is 7.11 Å². The maximum Gasteiger partial charge on any atom is 0.339 e. The lowest BCUT2D eigenvalue weighted by molar-refractivity contribution is 0.0599. The van der Waals surface area contributed by atoms with Gasteiger partial charge in [0.1, 0.15) is 11.6 Å². The van der Waals surface area contributed by atoms with Crippen LogP contribution in [0.2, 0.25) is 0 Å². The third-order valence-corrected chi connectivity index (χ3v) is 4.72. The van der Waals surface area contributed by atoms with Crippen LogP contribution < -0.4 is 5.56 Å². The normalized spacial score (nSPS) is 10.3. The van der Waals surface area contributed by atoms with E-state index < -0.39 is 11.5 Å². The van der Waals surface area contributed by atoms with Gasteiger partial charge in [-0.15, -0.1) is 0 Å². The Bertz CT molecular complexity index is 1010. The van der Waals surface area contributed by atoms with Gasteiger partial charge < -0.3 is 9.30 Å². The number of ketones is 1. The van der Waals surface area contributed by atoms with E-state index in [2.05, 4.69) is 4.74 Å². The van der Waals surface area contributed by atoms with Crippen LogP contribution in [-0.4, -0.2) is 23.4 Å². The molecule has 0 saturated heterocycles. The highest BCUT2D eigenvalue weighted by Gasteiger charge is 2.18. The Labute approximate surface area is 151 Å². The fourth-order valence-electron chi connectivity index (χ4n) is 2.80. The summed E-state index contributed by atoms with van der Waals surface area (Å²) in [5, 5.41) is 9.12. The highest BCUT2D eigenvalue weighted by molar-refractivity contribution is 5.98. The lowest BCUT2D eigenvalue weighted by atomic mass is 9.92. The van der Waals surface area contributed by atoms with Gasteiger partial charge in [-0.05, 0) is 62.1 Å². The van der Waals surface area contributed by atoms with Gasteiger partial charge in [0.15, 0.2) is 5.78 Å². The first-order valence-corrected chi connectivity index (χ1v) is 8.04. The second-order valence-corrected chi connectivity index (χ2v) is 6.22. The Balaban J connectivity index is 2.52. The van der Waals surface area contributed by atoms with Crippen molar-refractivity contribution in [3.8, 4) is 6.07 Å². The number of benzene rings is 1. The van der Waals surface area contributed by atoms with Gasteiger partial charge in [0.2, 0.25) is 0 Å². The number of carbonyl (C=O) groups excluding carboxylic acids is 2. The van der Waals surface area contributed by atoms with E-state index in [9.17, 15) is 14.4 Å². The number of hydrogen-bond acceptors (Lipinski definition) is 5. The van der Waals surface area contributed by atoms with E-state index in [0.717, 1.165) is 26.8 Å². The molecule has 0 spiro atoms. The summed E-state index contributed by atoms with van der Waals surface area (Å²) in [5.41, 5.74) is 3.74. The van der Waals surface area contributed by atoms with Crippen LogP contribution in [0.5, 0.6) is 0 Å². The molecule has 6 heteroatoms. The van der Waals surface area contributed by atoms with Crippen molar-refractivity contribution in [1.29, 1.82) is 5.26 Å². The molecule has 0 bridgehead atoms. The number of carbonyl (C=O) groups is 2. The standard InChI is InChI=1S/C20H20N2O4/c1-11-6-17(14(4)13(3)12(11)2)18(23)10-22-9-16(20(25)26-5)7-15(8-21)19(22)24/h6-7,9H,10H2,1-5H3. The number of esters is 1. The van der Waals surface area contributed by atoms with Crippen LogP contribution in [0.4, 0.5) is 0 Å². The Morgan fingerprint density at radius 2 is 1.77 bits per heavy atom. The predicted octanol–water partition coefficient (Wildman–Crippen LogP) is 2.62. The third kappa shape index (κ3) is 3.42. The van der Waals surface area contributed by atoms with Crippen LogP contribution in [-0.2, 0) is 11.3 Å². The van der Waals surface area contributed by atoms with Crippen LogP contribution in [0.25, 0.3) is 0 Å². The van der Waals surface area contributed by atoms with Crippen LogP contribution >= 0.6 is 0 Å². The summed E-state index contributed by atoms with van der Waals surface area (Å²) in [6.45, 7) is 7.47. The Kier molecular flexibility index (Phi) is 5.41. The molecule has 0 fully saturated rings. The van der Waals surface area contributed by atoms with E-state index >= 15 is 0 Å². The maximum absolute atomic E-state index is 12.8. The van der Waals surface area contributed by atoms with Crippen molar-refractivity contribution in [3.63, 3.8) is 0 Å². The van der Waals surface area contributed by atoms with Crippen molar-refractivity contribution in [3.05, 3.63) is 67.6 Å². The Morgan fingerprint density at radius 3 is 2.35 bits per heavy atom. The van der Waals surface area contributed by atoms with Crippen LogP contribution in [0.3, 0.4) is 0 Å². The molecule has 1 aromatic heterocycles. The summed E-state index contributed by atoms with van der Waals surface area (Å²) >= 11 is 0. The Hall–Kier alpha value is -3.20. The zero-order valence-electron chi connectivity index (χ0n) is 15.5. The summed E-state index contributed by atoms with van der Waals surface area (Å²) < 4.78 is 5.72. The zero-order valence-corrected chi connectivity index (χ0v) is 15.5. The van der Waals surface area contributed by atoms with Crippen molar-refractivity contribution in [2.24, 2.45) is 0 Å². The average Bonchev–Trinajstić information content (AvgIpc) is 2.63.